The SMILES string of the molecule is CCOc1cncc(N2CCCC(c3nc(C(F)(F)F)cs3)C2)n1. The molecule has 0 saturated carbocycles. The molecule has 130 valence electrons. The van der Waals surface area contributed by atoms with Crippen molar-refractivity contribution in [1.29, 1.82) is 0 Å². The number of aromatic nitrogens is 3. The second-order valence-corrected chi connectivity index (χ2v) is 6.39. The van der Waals surface area contributed by atoms with Crippen LogP contribution < -0.4 is 9.64 Å². The zero-order valence-corrected chi connectivity index (χ0v) is 13.9. The summed E-state index contributed by atoms with van der Waals surface area (Å²) in [5.41, 5.74) is -0.808. The van der Waals surface area contributed by atoms with E-state index in [4.69, 9.17) is 4.74 Å². The van der Waals surface area contributed by atoms with Crippen molar-refractivity contribution in [2.75, 3.05) is 24.6 Å². The molecule has 1 atom stereocenters. The molecule has 3 heterocycles. The first kappa shape index (κ1) is 16.9. The van der Waals surface area contributed by atoms with Crippen molar-refractivity contribution in [3.05, 3.63) is 28.5 Å². The third-order valence-electron chi connectivity index (χ3n) is 3.80. The fourth-order valence-electron chi connectivity index (χ4n) is 2.70. The normalized spacial score (nSPS) is 18.7. The first-order valence-corrected chi connectivity index (χ1v) is 8.57. The fraction of sp³-hybridized carbons (Fsp3) is 0.533. The third-order valence-corrected chi connectivity index (χ3v) is 4.81. The first-order valence-electron chi connectivity index (χ1n) is 7.69. The molecule has 24 heavy (non-hydrogen) atoms. The summed E-state index contributed by atoms with van der Waals surface area (Å²) in [6, 6.07) is 0. The van der Waals surface area contributed by atoms with Gasteiger partial charge in [0.25, 0.3) is 0 Å². The van der Waals surface area contributed by atoms with Crippen LogP contribution in [0.5, 0.6) is 5.88 Å². The van der Waals surface area contributed by atoms with Crippen molar-refractivity contribution in [1.82, 2.24) is 15.0 Å². The highest BCUT2D eigenvalue weighted by molar-refractivity contribution is 7.09. The maximum absolute atomic E-state index is 12.7. The summed E-state index contributed by atoms with van der Waals surface area (Å²) in [6.07, 6.45) is 0.491. The van der Waals surface area contributed by atoms with Crippen molar-refractivity contribution in [2.24, 2.45) is 0 Å². The van der Waals surface area contributed by atoms with Crippen LogP contribution in [0.4, 0.5) is 19.0 Å². The summed E-state index contributed by atoms with van der Waals surface area (Å²) < 4.78 is 43.5. The number of piperidine rings is 1. The van der Waals surface area contributed by atoms with E-state index in [0.717, 1.165) is 36.1 Å². The smallest absolute Gasteiger partial charge is 0.434 e. The van der Waals surface area contributed by atoms with Crippen LogP contribution in [0.1, 0.15) is 36.4 Å². The molecule has 0 amide bonds. The summed E-state index contributed by atoms with van der Waals surface area (Å²) in [4.78, 5) is 14.3. The monoisotopic (exact) mass is 358 g/mol. The average Bonchev–Trinajstić information content (AvgIpc) is 3.06. The van der Waals surface area contributed by atoms with Gasteiger partial charge in [-0.1, -0.05) is 0 Å². The molecular weight excluding hydrogens is 341 g/mol. The summed E-state index contributed by atoms with van der Waals surface area (Å²) in [7, 11) is 0. The largest absolute Gasteiger partial charge is 0.477 e. The number of rotatable bonds is 4. The number of thiazole rings is 1. The van der Waals surface area contributed by atoms with Gasteiger partial charge in [0.2, 0.25) is 5.88 Å². The van der Waals surface area contributed by atoms with Gasteiger partial charge in [-0.05, 0) is 19.8 Å². The number of ether oxygens (including phenoxy) is 1. The van der Waals surface area contributed by atoms with Crippen molar-refractivity contribution >= 4 is 17.2 Å². The molecule has 5 nitrogen and oxygen atoms in total. The minimum atomic E-state index is -4.39. The molecule has 1 aliphatic rings. The molecule has 0 aliphatic carbocycles. The van der Waals surface area contributed by atoms with Gasteiger partial charge in [0, 0.05) is 24.4 Å². The Kier molecular flexibility index (Phi) is 4.88. The van der Waals surface area contributed by atoms with Crippen LogP contribution in [-0.4, -0.2) is 34.6 Å². The molecule has 2 aromatic heterocycles. The van der Waals surface area contributed by atoms with E-state index in [9.17, 15) is 13.2 Å². The highest BCUT2D eigenvalue weighted by Gasteiger charge is 2.35. The second-order valence-electron chi connectivity index (χ2n) is 5.50. The summed E-state index contributed by atoms with van der Waals surface area (Å²) in [5, 5.41) is 1.62. The first-order chi connectivity index (χ1) is 11.5. The highest BCUT2D eigenvalue weighted by atomic mass is 32.1. The van der Waals surface area contributed by atoms with E-state index in [1.165, 1.54) is 0 Å². The molecule has 0 spiro atoms. The minimum absolute atomic E-state index is 0.0302. The summed E-state index contributed by atoms with van der Waals surface area (Å²) in [6.45, 7) is 3.74. The molecule has 0 bridgehead atoms. The van der Waals surface area contributed by atoms with Gasteiger partial charge < -0.3 is 9.64 Å². The van der Waals surface area contributed by atoms with Crippen molar-refractivity contribution in [3.8, 4) is 5.88 Å². The van der Waals surface area contributed by atoms with Gasteiger partial charge in [0.05, 0.1) is 24.0 Å². The molecule has 1 fully saturated rings. The topological polar surface area (TPSA) is 51.1 Å². The molecule has 1 saturated heterocycles. The van der Waals surface area contributed by atoms with E-state index in [2.05, 4.69) is 15.0 Å². The maximum Gasteiger partial charge on any atom is 0.434 e. The Morgan fingerprint density at radius 1 is 1.33 bits per heavy atom. The lowest BCUT2D eigenvalue weighted by Gasteiger charge is -2.32. The fourth-order valence-corrected chi connectivity index (χ4v) is 3.65. The molecule has 3 rings (SSSR count). The Hall–Kier alpha value is -1.90. The quantitative estimate of drug-likeness (QED) is 0.833. The lowest BCUT2D eigenvalue weighted by atomic mass is 9.99. The van der Waals surface area contributed by atoms with Gasteiger partial charge in [-0.25, -0.2) is 4.98 Å². The maximum atomic E-state index is 12.7. The van der Waals surface area contributed by atoms with Crippen LogP contribution in [-0.2, 0) is 6.18 Å². The Balaban J connectivity index is 1.74. The van der Waals surface area contributed by atoms with E-state index in [1.54, 1.807) is 12.4 Å². The minimum Gasteiger partial charge on any atom is -0.477 e. The zero-order valence-electron chi connectivity index (χ0n) is 13.1. The number of hydrogen-bond acceptors (Lipinski definition) is 6. The Labute approximate surface area is 141 Å². The molecule has 1 unspecified atom stereocenters. The number of hydrogen-bond donors (Lipinski definition) is 0. The van der Waals surface area contributed by atoms with Gasteiger partial charge in [-0.3, -0.25) is 4.98 Å². The molecule has 0 N–H and O–H groups in total. The van der Waals surface area contributed by atoms with Crippen molar-refractivity contribution in [3.63, 3.8) is 0 Å². The number of alkyl halides is 3. The van der Waals surface area contributed by atoms with Gasteiger partial charge in [0.1, 0.15) is 0 Å². The van der Waals surface area contributed by atoms with Crippen LogP contribution in [0.15, 0.2) is 17.8 Å². The number of anilines is 1. The van der Waals surface area contributed by atoms with E-state index in [0.29, 0.717) is 29.9 Å². The van der Waals surface area contributed by atoms with E-state index >= 15 is 0 Å². The molecule has 9 heteroatoms. The van der Waals surface area contributed by atoms with Crippen LogP contribution >= 0.6 is 11.3 Å². The predicted octanol–water partition coefficient (Wildman–Crippen LogP) is 3.73. The van der Waals surface area contributed by atoms with Crippen LogP contribution in [0.25, 0.3) is 0 Å². The van der Waals surface area contributed by atoms with E-state index in [1.807, 2.05) is 11.8 Å². The molecule has 0 aromatic carbocycles. The average molecular weight is 358 g/mol. The van der Waals surface area contributed by atoms with Crippen molar-refractivity contribution < 1.29 is 17.9 Å². The predicted molar refractivity (Wildman–Crippen MR) is 84.5 cm³/mol. The number of halogens is 3. The number of nitrogens with zero attached hydrogens (tertiary/aromatic N) is 4. The van der Waals surface area contributed by atoms with Crippen LogP contribution in [0.3, 0.4) is 0 Å². The molecule has 1 aliphatic heterocycles. The Bertz CT molecular complexity index is 691. The van der Waals surface area contributed by atoms with Gasteiger partial charge >= 0.3 is 6.18 Å². The molecular formula is C15H17F3N4OS. The highest BCUT2D eigenvalue weighted by Crippen LogP contribution is 2.35. The molecule has 0 radical (unpaired) electrons. The van der Waals surface area contributed by atoms with Crippen LogP contribution in [0, 0.1) is 0 Å². The summed E-state index contributed by atoms with van der Waals surface area (Å²) >= 11 is 1.07. The van der Waals surface area contributed by atoms with E-state index < -0.39 is 11.9 Å². The Morgan fingerprint density at radius 3 is 2.88 bits per heavy atom. The Morgan fingerprint density at radius 2 is 2.17 bits per heavy atom. The van der Waals surface area contributed by atoms with Gasteiger partial charge in [-0.2, -0.15) is 18.2 Å². The van der Waals surface area contributed by atoms with Gasteiger partial charge in [-0.15, -0.1) is 11.3 Å². The lowest BCUT2D eigenvalue weighted by molar-refractivity contribution is -0.140. The summed E-state index contributed by atoms with van der Waals surface area (Å²) in [5.74, 6) is 1.10. The van der Waals surface area contributed by atoms with Crippen LogP contribution in [0.2, 0.25) is 0 Å². The third kappa shape index (κ3) is 3.77. The van der Waals surface area contributed by atoms with Crippen molar-refractivity contribution in [2.45, 2.75) is 31.9 Å². The zero-order chi connectivity index (χ0) is 17.2. The standard InChI is InChI=1S/C15H17F3N4OS/c1-2-23-13-7-19-6-12(21-13)22-5-3-4-10(8-22)14-20-11(9-24-14)15(16,17)18/h6-7,9-10H,2-5,8H2,1H3. The van der Waals surface area contributed by atoms with Gasteiger partial charge in [0.15, 0.2) is 11.5 Å². The van der Waals surface area contributed by atoms with E-state index in [-0.39, 0.29) is 5.92 Å². The second kappa shape index (κ2) is 6.92. The lowest BCUT2D eigenvalue weighted by Crippen LogP contribution is -2.35. The molecule has 2 aromatic rings.